The van der Waals surface area contributed by atoms with E-state index in [0.29, 0.717) is 25.3 Å². The van der Waals surface area contributed by atoms with Crippen molar-refractivity contribution >= 4 is 11.9 Å². The number of carbonyl (C=O) groups excluding carboxylic acids is 2. The van der Waals surface area contributed by atoms with Crippen molar-refractivity contribution < 1.29 is 9.59 Å². The van der Waals surface area contributed by atoms with E-state index < -0.39 is 5.54 Å². The van der Waals surface area contributed by atoms with Crippen molar-refractivity contribution in [2.75, 3.05) is 32.7 Å². The van der Waals surface area contributed by atoms with E-state index in [1.54, 1.807) is 0 Å². The highest BCUT2D eigenvalue weighted by Crippen LogP contribution is 2.31. The molecule has 6 heteroatoms. The molecule has 1 spiro atoms. The van der Waals surface area contributed by atoms with E-state index in [4.69, 9.17) is 0 Å². The van der Waals surface area contributed by atoms with Crippen LogP contribution in [-0.2, 0) is 11.3 Å². The van der Waals surface area contributed by atoms with Gasteiger partial charge in [-0.25, -0.2) is 4.79 Å². The van der Waals surface area contributed by atoms with Crippen LogP contribution < -0.4 is 10.6 Å². The number of amides is 3. The Balaban J connectivity index is 1.36. The van der Waals surface area contributed by atoms with Crippen molar-refractivity contribution in [1.82, 2.24) is 20.4 Å². The number of imide groups is 1. The maximum atomic E-state index is 13.0. The normalized spacial score (nSPS) is 24.2. The molecule has 1 aromatic rings. The Morgan fingerprint density at radius 2 is 1.73 bits per heavy atom. The van der Waals surface area contributed by atoms with E-state index in [1.165, 1.54) is 10.5 Å². The fourth-order valence-corrected chi connectivity index (χ4v) is 4.44. The lowest BCUT2D eigenvalue weighted by molar-refractivity contribution is -0.133. The molecule has 3 aliphatic rings. The molecule has 4 rings (SSSR count). The van der Waals surface area contributed by atoms with Crippen molar-refractivity contribution in [2.45, 2.75) is 37.8 Å². The van der Waals surface area contributed by atoms with Crippen LogP contribution in [-0.4, -0.2) is 60.0 Å². The summed E-state index contributed by atoms with van der Waals surface area (Å²) in [6.45, 7) is 5.10. The van der Waals surface area contributed by atoms with Gasteiger partial charge in [-0.1, -0.05) is 30.3 Å². The second-order valence-corrected chi connectivity index (χ2v) is 7.88. The summed E-state index contributed by atoms with van der Waals surface area (Å²) in [7, 11) is 0. The van der Waals surface area contributed by atoms with E-state index >= 15 is 0 Å². The molecule has 140 valence electrons. The Kier molecular flexibility index (Phi) is 4.96. The van der Waals surface area contributed by atoms with Gasteiger partial charge in [0.05, 0.1) is 0 Å². The molecule has 0 unspecified atom stereocenters. The number of hydrogen-bond donors (Lipinski definition) is 2. The van der Waals surface area contributed by atoms with Gasteiger partial charge in [0.2, 0.25) is 0 Å². The van der Waals surface area contributed by atoms with Crippen LogP contribution in [0.4, 0.5) is 4.79 Å². The predicted octanol–water partition coefficient (Wildman–Crippen LogP) is 1.57. The van der Waals surface area contributed by atoms with Crippen LogP contribution in [0, 0.1) is 5.92 Å². The molecule has 3 saturated heterocycles. The molecule has 0 aromatic heterocycles. The molecule has 0 bridgehead atoms. The third kappa shape index (κ3) is 3.48. The first-order valence-electron chi connectivity index (χ1n) is 9.77. The number of urea groups is 1. The third-order valence-corrected chi connectivity index (χ3v) is 6.10. The minimum Gasteiger partial charge on any atom is -0.323 e. The molecular weight excluding hydrogens is 328 g/mol. The average Bonchev–Trinajstić information content (AvgIpc) is 2.90. The van der Waals surface area contributed by atoms with Gasteiger partial charge in [-0.3, -0.25) is 14.6 Å². The number of likely N-dealkylation sites (tertiary alicyclic amines) is 1. The fraction of sp³-hybridized carbons (Fsp3) is 0.600. The minimum atomic E-state index is -0.669. The van der Waals surface area contributed by atoms with Crippen molar-refractivity contribution in [3.63, 3.8) is 0 Å². The smallest absolute Gasteiger partial charge is 0.323 e. The zero-order chi connectivity index (χ0) is 18.0. The van der Waals surface area contributed by atoms with Crippen LogP contribution in [0.3, 0.4) is 0 Å². The van der Waals surface area contributed by atoms with Crippen LogP contribution in [0.5, 0.6) is 0 Å². The Bertz CT molecular complexity index is 649. The summed E-state index contributed by atoms with van der Waals surface area (Å²) in [6.07, 6.45) is 3.48. The third-order valence-electron chi connectivity index (χ3n) is 6.10. The van der Waals surface area contributed by atoms with Gasteiger partial charge in [0.15, 0.2) is 0 Å². The lowest BCUT2D eigenvalue weighted by Crippen LogP contribution is -2.54. The predicted molar refractivity (Wildman–Crippen MR) is 99.5 cm³/mol. The van der Waals surface area contributed by atoms with Gasteiger partial charge in [0, 0.05) is 26.2 Å². The van der Waals surface area contributed by atoms with Crippen LogP contribution in [0.25, 0.3) is 0 Å². The highest BCUT2D eigenvalue weighted by Gasteiger charge is 2.52. The van der Waals surface area contributed by atoms with Crippen molar-refractivity contribution in [2.24, 2.45) is 5.92 Å². The topological polar surface area (TPSA) is 64.7 Å². The summed E-state index contributed by atoms with van der Waals surface area (Å²) in [6, 6.07) is 10.2. The van der Waals surface area contributed by atoms with Gasteiger partial charge >= 0.3 is 6.03 Å². The Hall–Kier alpha value is -1.92. The molecule has 0 saturated carbocycles. The standard InChI is InChI=1S/C20H28N4O2/c25-18-20(22-19(26)24(18)15-17-6-10-21-11-7-17)8-12-23(13-9-20)14-16-4-2-1-3-5-16/h1-5,17,21H,6-15H2,(H,22,26). The van der Waals surface area contributed by atoms with Crippen LogP contribution in [0.1, 0.15) is 31.2 Å². The first kappa shape index (κ1) is 17.5. The summed E-state index contributed by atoms with van der Waals surface area (Å²) in [5, 5.41) is 6.37. The Labute approximate surface area is 154 Å². The van der Waals surface area contributed by atoms with Gasteiger partial charge in [-0.05, 0) is 50.3 Å². The number of hydrogen-bond acceptors (Lipinski definition) is 4. The highest BCUT2D eigenvalue weighted by molar-refractivity contribution is 6.07. The van der Waals surface area contributed by atoms with Crippen molar-refractivity contribution in [3.8, 4) is 0 Å². The maximum Gasteiger partial charge on any atom is 0.325 e. The molecule has 2 N–H and O–H groups in total. The largest absolute Gasteiger partial charge is 0.325 e. The lowest BCUT2D eigenvalue weighted by atomic mass is 9.87. The number of nitrogens with one attached hydrogen (secondary N) is 2. The molecule has 3 aliphatic heterocycles. The van der Waals surface area contributed by atoms with E-state index in [0.717, 1.165) is 45.6 Å². The number of nitrogens with zero attached hydrogens (tertiary/aromatic N) is 2. The molecule has 1 aromatic carbocycles. The van der Waals surface area contributed by atoms with Gasteiger partial charge < -0.3 is 10.6 Å². The van der Waals surface area contributed by atoms with Crippen LogP contribution >= 0.6 is 0 Å². The second-order valence-electron chi connectivity index (χ2n) is 7.88. The zero-order valence-electron chi connectivity index (χ0n) is 15.2. The van der Waals surface area contributed by atoms with Gasteiger partial charge in [-0.2, -0.15) is 0 Å². The average molecular weight is 356 g/mol. The Morgan fingerprint density at radius 1 is 1.04 bits per heavy atom. The summed E-state index contributed by atoms with van der Waals surface area (Å²) in [5.74, 6) is 0.430. The maximum absolute atomic E-state index is 13.0. The number of benzene rings is 1. The van der Waals surface area contributed by atoms with Crippen molar-refractivity contribution in [3.05, 3.63) is 35.9 Å². The van der Waals surface area contributed by atoms with Gasteiger partial charge in [-0.15, -0.1) is 0 Å². The monoisotopic (exact) mass is 356 g/mol. The summed E-state index contributed by atoms with van der Waals surface area (Å²) < 4.78 is 0. The van der Waals surface area contributed by atoms with Gasteiger partial charge in [0.25, 0.3) is 5.91 Å². The number of rotatable bonds is 4. The molecule has 3 fully saturated rings. The Morgan fingerprint density at radius 3 is 2.42 bits per heavy atom. The quantitative estimate of drug-likeness (QED) is 0.804. The molecule has 0 aliphatic carbocycles. The minimum absolute atomic E-state index is 0.000365. The second kappa shape index (κ2) is 7.37. The molecule has 6 nitrogen and oxygen atoms in total. The molecule has 3 amide bonds. The first-order chi connectivity index (χ1) is 12.7. The fourth-order valence-electron chi connectivity index (χ4n) is 4.44. The first-order valence-corrected chi connectivity index (χ1v) is 9.77. The van der Waals surface area contributed by atoms with E-state index in [2.05, 4.69) is 39.8 Å². The van der Waals surface area contributed by atoms with Crippen LogP contribution in [0.15, 0.2) is 30.3 Å². The number of piperidine rings is 2. The van der Waals surface area contributed by atoms with Crippen LogP contribution in [0.2, 0.25) is 0 Å². The summed E-state index contributed by atoms with van der Waals surface area (Å²) in [4.78, 5) is 29.4. The van der Waals surface area contributed by atoms with E-state index in [1.807, 2.05) is 6.07 Å². The molecule has 0 atom stereocenters. The molecule has 0 radical (unpaired) electrons. The van der Waals surface area contributed by atoms with Crippen molar-refractivity contribution in [1.29, 1.82) is 0 Å². The zero-order valence-corrected chi connectivity index (χ0v) is 15.2. The van der Waals surface area contributed by atoms with E-state index in [-0.39, 0.29) is 11.9 Å². The van der Waals surface area contributed by atoms with Gasteiger partial charge in [0.1, 0.15) is 5.54 Å². The lowest BCUT2D eigenvalue weighted by Gasteiger charge is -2.37. The number of carbonyl (C=O) groups is 2. The summed E-state index contributed by atoms with van der Waals surface area (Å²) >= 11 is 0. The molecule has 26 heavy (non-hydrogen) atoms. The molecular formula is C20H28N4O2. The SMILES string of the molecule is O=C1NC2(CCN(Cc3ccccc3)CC2)C(=O)N1CC1CCNCC1. The van der Waals surface area contributed by atoms with E-state index in [9.17, 15) is 9.59 Å². The highest BCUT2D eigenvalue weighted by atomic mass is 16.2. The molecule has 3 heterocycles. The summed E-state index contributed by atoms with van der Waals surface area (Å²) in [5.41, 5.74) is 0.620.